The van der Waals surface area contributed by atoms with Crippen LogP contribution in [0.1, 0.15) is 62.1 Å². The van der Waals surface area contributed by atoms with Gasteiger partial charge in [0.05, 0.1) is 0 Å². The van der Waals surface area contributed by atoms with Gasteiger partial charge >= 0.3 is 0 Å². The molecule has 2 atom stereocenters. The smallest absolute Gasteiger partial charge is 0.122 e. The number of aromatic nitrogens is 1. The standard InChI is InChI=1S/C13H24N2OS/c1-5-7-11(16-4)13-15-9-12(17-13)10(3)14-8-6-2/h9-11,14H,5-8H2,1-4H3. The van der Waals surface area contributed by atoms with E-state index < -0.39 is 0 Å². The van der Waals surface area contributed by atoms with Gasteiger partial charge in [-0.2, -0.15) is 0 Å². The summed E-state index contributed by atoms with van der Waals surface area (Å²) in [5.74, 6) is 0. The van der Waals surface area contributed by atoms with E-state index in [9.17, 15) is 0 Å². The third-order valence-corrected chi connectivity index (χ3v) is 4.05. The average Bonchev–Trinajstić information content (AvgIpc) is 2.82. The van der Waals surface area contributed by atoms with E-state index in [-0.39, 0.29) is 6.10 Å². The Balaban J connectivity index is 2.62. The van der Waals surface area contributed by atoms with Crippen LogP contribution in [-0.4, -0.2) is 18.6 Å². The molecule has 0 radical (unpaired) electrons. The van der Waals surface area contributed by atoms with Crippen molar-refractivity contribution in [1.29, 1.82) is 0 Å². The molecule has 1 aromatic rings. The predicted octanol–water partition coefficient (Wildman–Crippen LogP) is 3.69. The molecule has 0 aromatic carbocycles. The Morgan fingerprint density at radius 2 is 2.18 bits per heavy atom. The van der Waals surface area contributed by atoms with Crippen molar-refractivity contribution in [3.05, 3.63) is 16.1 Å². The van der Waals surface area contributed by atoms with Crippen LogP contribution in [0.3, 0.4) is 0 Å². The van der Waals surface area contributed by atoms with E-state index in [0.717, 1.165) is 30.8 Å². The van der Waals surface area contributed by atoms with Crippen LogP contribution in [0.4, 0.5) is 0 Å². The minimum absolute atomic E-state index is 0.164. The topological polar surface area (TPSA) is 34.2 Å². The van der Waals surface area contributed by atoms with E-state index in [1.807, 2.05) is 6.20 Å². The van der Waals surface area contributed by atoms with E-state index in [1.165, 1.54) is 4.88 Å². The Hall–Kier alpha value is -0.450. The SMILES string of the molecule is CCCNC(C)c1cnc(C(CCC)OC)s1. The van der Waals surface area contributed by atoms with Crippen LogP contribution in [0.5, 0.6) is 0 Å². The zero-order valence-corrected chi connectivity index (χ0v) is 12.1. The van der Waals surface area contributed by atoms with Crippen LogP contribution < -0.4 is 5.32 Å². The number of nitrogens with one attached hydrogen (secondary N) is 1. The predicted molar refractivity (Wildman–Crippen MR) is 73.5 cm³/mol. The van der Waals surface area contributed by atoms with E-state index in [1.54, 1.807) is 18.4 Å². The maximum Gasteiger partial charge on any atom is 0.122 e. The number of thiazole rings is 1. The molecule has 1 heterocycles. The summed E-state index contributed by atoms with van der Waals surface area (Å²) in [6.45, 7) is 7.59. The summed E-state index contributed by atoms with van der Waals surface area (Å²) >= 11 is 1.77. The third-order valence-electron chi connectivity index (χ3n) is 2.78. The molecule has 0 saturated heterocycles. The van der Waals surface area contributed by atoms with Crippen molar-refractivity contribution in [3.63, 3.8) is 0 Å². The molecule has 98 valence electrons. The Labute approximate surface area is 109 Å². The summed E-state index contributed by atoms with van der Waals surface area (Å²) < 4.78 is 5.48. The lowest BCUT2D eigenvalue weighted by molar-refractivity contribution is 0.0947. The number of ether oxygens (including phenoxy) is 1. The summed E-state index contributed by atoms with van der Waals surface area (Å²) in [7, 11) is 1.76. The summed E-state index contributed by atoms with van der Waals surface area (Å²) in [5.41, 5.74) is 0. The Bertz CT molecular complexity index is 314. The molecule has 0 fully saturated rings. The fourth-order valence-electron chi connectivity index (χ4n) is 1.72. The van der Waals surface area contributed by atoms with E-state index >= 15 is 0 Å². The second-order valence-electron chi connectivity index (χ2n) is 4.29. The van der Waals surface area contributed by atoms with Gasteiger partial charge in [0.15, 0.2) is 0 Å². The van der Waals surface area contributed by atoms with Crippen LogP contribution in [0.2, 0.25) is 0 Å². The molecule has 0 aliphatic heterocycles. The minimum atomic E-state index is 0.164. The average molecular weight is 256 g/mol. The molecule has 1 aromatic heterocycles. The van der Waals surface area contributed by atoms with Gasteiger partial charge in [-0.25, -0.2) is 4.98 Å². The van der Waals surface area contributed by atoms with Crippen LogP contribution in [0.25, 0.3) is 0 Å². The Morgan fingerprint density at radius 1 is 1.41 bits per heavy atom. The van der Waals surface area contributed by atoms with Gasteiger partial charge in [-0.1, -0.05) is 20.3 Å². The maximum atomic E-state index is 5.48. The molecule has 3 nitrogen and oxygen atoms in total. The monoisotopic (exact) mass is 256 g/mol. The van der Waals surface area contributed by atoms with Crippen LogP contribution in [-0.2, 0) is 4.74 Å². The Morgan fingerprint density at radius 3 is 2.76 bits per heavy atom. The highest BCUT2D eigenvalue weighted by atomic mass is 32.1. The van der Waals surface area contributed by atoms with Crippen molar-refractivity contribution in [2.45, 2.75) is 52.2 Å². The van der Waals surface area contributed by atoms with Gasteiger partial charge in [0.2, 0.25) is 0 Å². The zero-order chi connectivity index (χ0) is 12.7. The second kappa shape index (κ2) is 7.80. The molecule has 0 aliphatic carbocycles. The molecule has 0 bridgehead atoms. The molecule has 0 amide bonds. The van der Waals surface area contributed by atoms with E-state index in [2.05, 4.69) is 31.1 Å². The fourth-order valence-corrected chi connectivity index (χ4v) is 2.77. The molecule has 0 saturated carbocycles. The van der Waals surface area contributed by atoms with Crippen LogP contribution in [0.15, 0.2) is 6.20 Å². The van der Waals surface area contributed by atoms with E-state index in [4.69, 9.17) is 4.74 Å². The number of hydrogen-bond acceptors (Lipinski definition) is 4. The normalized spacial score (nSPS) is 14.8. The molecule has 17 heavy (non-hydrogen) atoms. The van der Waals surface area contributed by atoms with Crippen molar-refractivity contribution in [2.24, 2.45) is 0 Å². The summed E-state index contributed by atoms with van der Waals surface area (Å²) in [5, 5.41) is 4.59. The molecule has 0 aliphatic rings. The van der Waals surface area contributed by atoms with Gasteiger partial charge in [0, 0.05) is 24.2 Å². The third kappa shape index (κ3) is 4.37. The van der Waals surface area contributed by atoms with Gasteiger partial charge in [0.1, 0.15) is 11.1 Å². The molecule has 0 spiro atoms. The quantitative estimate of drug-likeness (QED) is 0.770. The zero-order valence-electron chi connectivity index (χ0n) is 11.3. The molecular weight excluding hydrogens is 232 g/mol. The van der Waals surface area contributed by atoms with Crippen molar-refractivity contribution in [3.8, 4) is 0 Å². The number of nitrogens with zero attached hydrogens (tertiary/aromatic N) is 1. The Kier molecular flexibility index (Phi) is 6.70. The highest BCUT2D eigenvalue weighted by Crippen LogP contribution is 2.29. The van der Waals surface area contributed by atoms with Crippen molar-refractivity contribution in [1.82, 2.24) is 10.3 Å². The first-order valence-electron chi connectivity index (χ1n) is 6.44. The molecule has 4 heteroatoms. The number of hydrogen-bond donors (Lipinski definition) is 1. The van der Waals surface area contributed by atoms with Crippen molar-refractivity contribution >= 4 is 11.3 Å². The molecule has 1 rings (SSSR count). The van der Waals surface area contributed by atoms with Gasteiger partial charge in [0.25, 0.3) is 0 Å². The first-order chi connectivity index (χ1) is 8.22. The van der Waals surface area contributed by atoms with Gasteiger partial charge < -0.3 is 10.1 Å². The molecule has 1 N–H and O–H groups in total. The van der Waals surface area contributed by atoms with Crippen molar-refractivity contribution < 1.29 is 4.74 Å². The highest BCUT2D eigenvalue weighted by molar-refractivity contribution is 7.11. The largest absolute Gasteiger partial charge is 0.374 e. The summed E-state index contributed by atoms with van der Waals surface area (Å²) in [6, 6.07) is 0.389. The van der Waals surface area contributed by atoms with Gasteiger partial charge in [-0.15, -0.1) is 11.3 Å². The van der Waals surface area contributed by atoms with Crippen LogP contribution >= 0.6 is 11.3 Å². The number of methoxy groups -OCH3 is 1. The first-order valence-corrected chi connectivity index (χ1v) is 7.26. The number of rotatable bonds is 8. The maximum absolute atomic E-state index is 5.48. The second-order valence-corrected chi connectivity index (χ2v) is 5.38. The lowest BCUT2D eigenvalue weighted by Crippen LogP contribution is -2.18. The summed E-state index contributed by atoms with van der Waals surface area (Å²) in [6.07, 6.45) is 5.47. The summed E-state index contributed by atoms with van der Waals surface area (Å²) in [4.78, 5) is 5.79. The fraction of sp³-hybridized carbons (Fsp3) is 0.769. The van der Waals surface area contributed by atoms with Gasteiger partial charge in [-0.3, -0.25) is 0 Å². The van der Waals surface area contributed by atoms with Crippen molar-refractivity contribution in [2.75, 3.05) is 13.7 Å². The molecular formula is C13H24N2OS. The minimum Gasteiger partial charge on any atom is -0.374 e. The lowest BCUT2D eigenvalue weighted by atomic mass is 10.2. The first kappa shape index (κ1) is 14.6. The van der Waals surface area contributed by atoms with Crippen LogP contribution in [0, 0.1) is 0 Å². The van der Waals surface area contributed by atoms with Gasteiger partial charge in [-0.05, 0) is 26.3 Å². The lowest BCUT2D eigenvalue weighted by Gasteiger charge is -2.12. The highest BCUT2D eigenvalue weighted by Gasteiger charge is 2.16. The molecule has 2 unspecified atom stereocenters. The van der Waals surface area contributed by atoms with E-state index in [0.29, 0.717) is 6.04 Å².